The highest BCUT2D eigenvalue weighted by molar-refractivity contribution is 5.78. The van der Waals surface area contributed by atoms with Crippen LogP contribution in [0.5, 0.6) is 5.88 Å². The molecule has 3 N–H and O–H groups in total. The fourth-order valence-corrected chi connectivity index (χ4v) is 3.28. The normalized spacial score (nSPS) is 12.9. The highest BCUT2D eigenvalue weighted by Gasteiger charge is 2.18. The molecule has 152 valence electrons. The maximum Gasteiger partial charge on any atom is 0.213 e. The number of aromatic nitrogens is 2. The molecule has 0 radical (unpaired) electrons. The van der Waals surface area contributed by atoms with Crippen LogP contribution in [-0.2, 0) is 6.42 Å². The lowest BCUT2D eigenvalue weighted by Gasteiger charge is -2.19. The molecule has 2 heterocycles. The number of hydrogen-bond donors (Lipinski definition) is 2. The lowest BCUT2D eigenvalue weighted by Crippen LogP contribution is -2.09. The lowest BCUT2D eigenvalue weighted by molar-refractivity contribution is 0.266. The maximum atomic E-state index is 9.62. The summed E-state index contributed by atoms with van der Waals surface area (Å²) in [6.45, 7) is 11.0. The predicted molar refractivity (Wildman–Crippen MR) is 116 cm³/mol. The molecule has 2 rings (SSSR count). The fourth-order valence-electron chi connectivity index (χ4n) is 3.28. The van der Waals surface area contributed by atoms with E-state index < -0.39 is 0 Å². The molecule has 0 spiro atoms. The summed E-state index contributed by atoms with van der Waals surface area (Å²) in [4.78, 5) is 9.39. The minimum absolute atomic E-state index is 0.0113. The summed E-state index contributed by atoms with van der Waals surface area (Å²) in [5, 5.41) is 9.62. The van der Waals surface area contributed by atoms with Gasteiger partial charge in [0.05, 0.1) is 18.0 Å². The standard InChI is InChI=1S/C23H33N3O2/c1-6-9-17(16(5)14-27)19-13-15(4)22(26-23(19)24)18-10-11-21(28-12-7-2)25-20(18)8-3/h9-11,13,16,27H,6-8,12,14H2,1-5H3,(H2,24,26)/b17-9-/t16-/m1/s1. The molecule has 0 saturated heterocycles. The Balaban J connectivity index is 2.51. The molecule has 0 aliphatic heterocycles. The zero-order valence-electron chi connectivity index (χ0n) is 17.7. The van der Waals surface area contributed by atoms with Crippen LogP contribution in [0.25, 0.3) is 16.8 Å². The molecule has 28 heavy (non-hydrogen) atoms. The Morgan fingerprint density at radius 2 is 2.00 bits per heavy atom. The Kier molecular flexibility index (Phi) is 8.00. The van der Waals surface area contributed by atoms with Gasteiger partial charge in [-0.25, -0.2) is 9.97 Å². The van der Waals surface area contributed by atoms with Crippen molar-refractivity contribution in [1.29, 1.82) is 0 Å². The zero-order chi connectivity index (χ0) is 20.7. The van der Waals surface area contributed by atoms with Crippen molar-refractivity contribution in [1.82, 2.24) is 9.97 Å². The van der Waals surface area contributed by atoms with Gasteiger partial charge in [-0.15, -0.1) is 0 Å². The Bertz CT molecular complexity index is 831. The Morgan fingerprint density at radius 3 is 2.61 bits per heavy atom. The van der Waals surface area contributed by atoms with Gasteiger partial charge >= 0.3 is 0 Å². The fraction of sp³-hybridized carbons (Fsp3) is 0.478. The Morgan fingerprint density at radius 1 is 1.25 bits per heavy atom. The summed E-state index contributed by atoms with van der Waals surface area (Å²) in [6.07, 6.45) is 4.72. The Labute approximate surface area is 168 Å². The Hall–Kier alpha value is -2.40. The number of aryl methyl sites for hydroxylation is 2. The van der Waals surface area contributed by atoms with Crippen LogP contribution in [0.15, 0.2) is 24.3 Å². The number of nitrogens with two attached hydrogens (primary N) is 1. The van der Waals surface area contributed by atoms with E-state index in [9.17, 15) is 5.11 Å². The van der Waals surface area contributed by atoms with E-state index in [-0.39, 0.29) is 12.5 Å². The number of pyridine rings is 2. The second kappa shape index (κ2) is 10.2. The molecule has 0 aromatic carbocycles. The van der Waals surface area contributed by atoms with Crippen LogP contribution in [0, 0.1) is 12.8 Å². The summed E-state index contributed by atoms with van der Waals surface area (Å²) in [6, 6.07) is 5.99. The number of nitrogens with zero attached hydrogens (tertiary/aromatic N) is 2. The molecule has 5 nitrogen and oxygen atoms in total. The number of rotatable bonds is 9. The van der Waals surface area contributed by atoms with Crippen LogP contribution in [0.4, 0.5) is 5.82 Å². The molecule has 2 aromatic rings. The van der Waals surface area contributed by atoms with Gasteiger partial charge in [-0.1, -0.05) is 33.8 Å². The minimum atomic E-state index is 0.0113. The smallest absolute Gasteiger partial charge is 0.213 e. The maximum absolute atomic E-state index is 9.62. The van der Waals surface area contributed by atoms with Gasteiger partial charge in [0.2, 0.25) is 5.88 Å². The minimum Gasteiger partial charge on any atom is -0.478 e. The molecule has 0 saturated carbocycles. The summed E-state index contributed by atoms with van der Waals surface area (Å²) in [5.41, 5.74) is 12.1. The van der Waals surface area contributed by atoms with Crippen molar-refractivity contribution in [3.05, 3.63) is 41.1 Å². The lowest BCUT2D eigenvalue weighted by atomic mass is 9.91. The first-order valence-corrected chi connectivity index (χ1v) is 10.2. The molecule has 5 heteroatoms. The van der Waals surface area contributed by atoms with Gasteiger partial charge in [-0.3, -0.25) is 0 Å². The van der Waals surface area contributed by atoms with E-state index in [2.05, 4.69) is 37.9 Å². The van der Waals surface area contributed by atoms with Crippen LogP contribution in [0.1, 0.15) is 57.4 Å². The number of nitrogen functional groups attached to an aromatic ring is 1. The average Bonchev–Trinajstić information content (AvgIpc) is 2.71. The number of anilines is 1. The van der Waals surface area contributed by atoms with E-state index in [1.165, 1.54) is 0 Å². The van der Waals surface area contributed by atoms with Crippen molar-refractivity contribution in [2.24, 2.45) is 5.92 Å². The first-order valence-electron chi connectivity index (χ1n) is 10.2. The van der Waals surface area contributed by atoms with Gasteiger partial charge < -0.3 is 15.6 Å². The van der Waals surface area contributed by atoms with Crippen LogP contribution in [0.2, 0.25) is 0 Å². The van der Waals surface area contributed by atoms with Crippen LogP contribution in [-0.4, -0.2) is 28.3 Å². The topological polar surface area (TPSA) is 81.3 Å². The van der Waals surface area contributed by atoms with E-state index in [4.69, 9.17) is 15.5 Å². The van der Waals surface area contributed by atoms with Crippen LogP contribution >= 0.6 is 0 Å². The predicted octanol–water partition coefficient (Wildman–Crippen LogP) is 4.81. The number of aliphatic hydroxyl groups is 1. The largest absolute Gasteiger partial charge is 0.478 e. The van der Waals surface area contributed by atoms with Gasteiger partial charge in [-0.2, -0.15) is 0 Å². The van der Waals surface area contributed by atoms with E-state index >= 15 is 0 Å². The van der Waals surface area contributed by atoms with Crippen LogP contribution < -0.4 is 10.5 Å². The van der Waals surface area contributed by atoms with E-state index in [0.29, 0.717) is 18.3 Å². The van der Waals surface area contributed by atoms with Crippen molar-refractivity contribution >= 4 is 11.4 Å². The number of aliphatic hydroxyl groups excluding tert-OH is 1. The summed E-state index contributed by atoms with van der Waals surface area (Å²) < 4.78 is 5.67. The quantitative estimate of drug-likeness (QED) is 0.649. The first-order chi connectivity index (χ1) is 13.5. The first kappa shape index (κ1) is 21.9. The molecule has 0 aliphatic carbocycles. The molecule has 2 aromatic heterocycles. The third-order valence-corrected chi connectivity index (χ3v) is 4.78. The molecule has 0 unspecified atom stereocenters. The SMILES string of the molecule is CC/C=C(\c1cc(C)c(-c2ccc(OCCC)nc2CC)nc1N)[C@H](C)CO. The van der Waals surface area contributed by atoms with Crippen molar-refractivity contribution in [2.75, 3.05) is 18.9 Å². The summed E-state index contributed by atoms with van der Waals surface area (Å²) in [5.74, 6) is 1.14. The molecule has 0 fully saturated rings. The molecular formula is C23H33N3O2. The van der Waals surface area contributed by atoms with Gasteiger partial charge in [0.15, 0.2) is 0 Å². The highest BCUT2D eigenvalue weighted by Crippen LogP contribution is 2.33. The monoisotopic (exact) mass is 383 g/mol. The van der Waals surface area contributed by atoms with Gasteiger partial charge in [-0.05, 0) is 49.5 Å². The summed E-state index contributed by atoms with van der Waals surface area (Å²) in [7, 11) is 0. The van der Waals surface area contributed by atoms with Crippen molar-refractivity contribution < 1.29 is 9.84 Å². The number of hydrogen-bond acceptors (Lipinski definition) is 5. The molecule has 0 amide bonds. The molecule has 0 aliphatic rings. The molecule has 1 atom stereocenters. The highest BCUT2D eigenvalue weighted by atomic mass is 16.5. The number of allylic oxidation sites excluding steroid dienone is 1. The third kappa shape index (κ3) is 4.90. The van der Waals surface area contributed by atoms with Crippen LogP contribution in [0.3, 0.4) is 0 Å². The van der Waals surface area contributed by atoms with Gasteiger partial charge in [0.25, 0.3) is 0 Å². The molecule has 0 bridgehead atoms. The van der Waals surface area contributed by atoms with Gasteiger partial charge in [0.1, 0.15) is 5.82 Å². The van der Waals surface area contributed by atoms with E-state index in [0.717, 1.165) is 52.9 Å². The summed E-state index contributed by atoms with van der Waals surface area (Å²) >= 11 is 0. The van der Waals surface area contributed by atoms with E-state index in [1.54, 1.807) is 0 Å². The van der Waals surface area contributed by atoms with E-state index in [1.807, 2.05) is 26.0 Å². The van der Waals surface area contributed by atoms with Crippen molar-refractivity contribution in [3.8, 4) is 17.1 Å². The number of ether oxygens (including phenoxy) is 1. The van der Waals surface area contributed by atoms with Crippen molar-refractivity contribution in [3.63, 3.8) is 0 Å². The third-order valence-electron chi connectivity index (χ3n) is 4.78. The van der Waals surface area contributed by atoms with Crippen molar-refractivity contribution in [2.45, 2.75) is 53.9 Å². The second-order valence-corrected chi connectivity index (χ2v) is 7.08. The van der Waals surface area contributed by atoms with Gasteiger partial charge in [0, 0.05) is 29.7 Å². The average molecular weight is 384 g/mol. The molecular weight excluding hydrogens is 350 g/mol. The second-order valence-electron chi connectivity index (χ2n) is 7.08. The zero-order valence-corrected chi connectivity index (χ0v) is 17.7.